The van der Waals surface area contributed by atoms with Gasteiger partial charge in [-0.3, -0.25) is 9.48 Å². The summed E-state index contributed by atoms with van der Waals surface area (Å²) in [6, 6.07) is 10.7. The van der Waals surface area contributed by atoms with Gasteiger partial charge in [0.25, 0.3) is 0 Å². The van der Waals surface area contributed by atoms with Crippen LogP contribution in [0.25, 0.3) is 0 Å². The number of nitrogens with zero attached hydrogens (tertiary/aromatic N) is 2. The van der Waals surface area contributed by atoms with Crippen molar-refractivity contribution in [2.45, 2.75) is 38.3 Å². The summed E-state index contributed by atoms with van der Waals surface area (Å²) >= 11 is 0. The first-order valence-corrected chi connectivity index (χ1v) is 8.96. The molecule has 3 rings (SSSR count). The van der Waals surface area contributed by atoms with Crippen LogP contribution in [0.3, 0.4) is 0 Å². The molecule has 0 aliphatic heterocycles. The monoisotopic (exact) mass is 342 g/mol. The highest BCUT2D eigenvalue weighted by Gasteiger charge is 2.23. The van der Waals surface area contributed by atoms with Gasteiger partial charge < -0.3 is 15.7 Å². The molecule has 6 heteroatoms. The Morgan fingerprint density at radius 3 is 2.80 bits per heavy atom. The molecule has 1 unspecified atom stereocenters. The SMILES string of the molecule is O=C(Cn1cc(NC(CC2CCC2)c2ccccc2)cn1)NCCO. The van der Waals surface area contributed by atoms with Crippen molar-refractivity contribution in [1.82, 2.24) is 15.1 Å². The maximum Gasteiger partial charge on any atom is 0.241 e. The van der Waals surface area contributed by atoms with Crippen LogP contribution in [0.5, 0.6) is 0 Å². The molecule has 0 bridgehead atoms. The predicted octanol–water partition coefficient (Wildman–Crippen LogP) is 2.34. The minimum atomic E-state index is -0.155. The number of amides is 1. The summed E-state index contributed by atoms with van der Waals surface area (Å²) in [5.74, 6) is 0.634. The van der Waals surface area contributed by atoms with E-state index in [9.17, 15) is 4.79 Å². The summed E-state index contributed by atoms with van der Waals surface area (Å²) in [6.45, 7) is 0.362. The van der Waals surface area contributed by atoms with E-state index in [-0.39, 0.29) is 31.6 Å². The molecule has 1 heterocycles. The maximum atomic E-state index is 11.7. The molecule has 1 aromatic carbocycles. The Morgan fingerprint density at radius 2 is 2.12 bits per heavy atom. The Bertz CT molecular complexity index is 667. The summed E-state index contributed by atoms with van der Waals surface area (Å²) < 4.78 is 1.61. The minimum Gasteiger partial charge on any atom is -0.395 e. The Balaban J connectivity index is 1.62. The molecule has 1 saturated carbocycles. The van der Waals surface area contributed by atoms with Crippen molar-refractivity contribution in [3.05, 3.63) is 48.3 Å². The van der Waals surface area contributed by atoms with E-state index in [0.29, 0.717) is 0 Å². The lowest BCUT2D eigenvalue weighted by Gasteiger charge is -2.30. The molecule has 1 fully saturated rings. The van der Waals surface area contributed by atoms with E-state index in [0.717, 1.165) is 18.0 Å². The molecule has 3 N–H and O–H groups in total. The molecule has 0 spiro atoms. The quantitative estimate of drug-likeness (QED) is 0.653. The number of hydrogen-bond donors (Lipinski definition) is 3. The fraction of sp³-hybridized carbons (Fsp3) is 0.474. The predicted molar refractivity (Wildman–Crippen MR) is 97.1 cm³/mol. The van der Waals surface area contributed by atoms with Gasteiger partial charge >= 0.3 is 0 Å². The average Bonchev–Trinajstić information content (AvgIpc) is 3.02. The molecule has 1 aromatic heterocycles. The van der Waals surface area contributed by atoms with E-state index in [4.69, 9.17) is 5.11 Å². The van der Waals surface area contributed by atoms with E-state index >= 15 is 0 Å². The van der Waals surface area contributed by atoms with Gasteiger partial charge in [0.15, 0.2) is 0 Å². The van der Waals surface area contributed by atoms with E-state index in [1.54, 1.807) is 10.9 Å². The largest absolute Gasteiger partial charge is 0.395 e. The van der Waals surface area contributed by atoms with Gasteiger partial charge in [-0.1, -0.05) is 49.6 Å². The number of aromatic nitrogens is 2. The molecule has 2 aromatic rings. The first-order chi connectivity index (χ1) is 12.2. The van der Waals surface area contributed by atoms with E-state index in [1.807, 2.05) is 12.3 Å². The summed E-state index contributed by atoms with van der Waals surface area (Å²) in [4.78, 5) is 11.7. The lowest BCUT2D eigenvalue weighted by atomic mass is 9.79. The lowest BCUT2D eigenvalue weighted by molar-refractivity contribution is -0.122. The van der Waals surface area contributed by atoms with Crippen molar-refractivity contribution < 1.29 is 9.90 Å². The van der Waals surface area contributed by atoms with Crippen LogP contribution in [-0.4, -0.2) is 33.9 Å². The van der Waals surface area contributed by atoms with Gasteiger partial charge in [-0.05, 0) is 17.9 Å². The van der Waals surface area contributed by atoms with Crippen LogP contribution in [0.15, 0.2) is 42.7 Å². The summed E-state index contributed by atoms with van der Waals surface area (Å²) in [7, 11) is 0. The van der Waals surface area contributed by atoms with Crippen LogP contribution >= 0.6 is 0 Å². The third-order valence-electron chi connectivity index (χ3n) is 4.71. The summed E-state index contributed by atoms with van der Waals surface area (Å²) in [5, 5.41) is 19.2. The van der Waals surface area contributed by atoms with Crippen LogP contribution in [-0.2, 0) is 11.3 Å². The third kappa shape index (κ3) is 5.06. The lowest BCUT2D eigenvalue weighted by Crippen LogP contribution is -2.30. The molecule has 25 heavy (non-hydrogen) atoms. The highest BCUT2D eigenvalue weighted by atomic mass is 16.3. The molecular weight excluding hydrogens is 316 g/mol. The summed E-state index contributed by atoms with van der Waals surface area (Å²) in [5.41, 5.74) is 2.20. The fourth-order valence-corrected chi connectivity index (χ4v) is 3.15. The van der Waals surface area contributed by atoms with Crippen molar-refractivity contribution in [1.29, 1.82) is 0 Å². The zero-order valence-electron chi connectivity index (χ0n) is 14.4. The molecule has 0 saturated heterocycles. The zero-order chi connectivity index (χ0) is 17.5. The molecule has 1 atom stereocenters. The van der Waals surface area contributed by atoms with Crippen LogP contribution in [0, 0.1) is 5.92 Å². The molecule has 0 radical (unpaired) electrons. The number of carbonyl (C=O) groups excluding carboxylic acids is 1. The third-order valence-corrected chi connectivity index (χ3v) is 4.71. The fourth-order valence-electron chi connectivity index (χ4n) is 3.15. The Labute approximate surface area is 148 Å². The van der Waals surface area contributed by atoms with Crippen LogP contribution < -0.4 is 10.6 Å². The number of nitrogens with one attached hydrogen (secondary N) is 2. The Morgan fingerprint density at radius 1 is 1.32 bits per heavy atom. The molecule has 1 aliphatic carbocycles. The van der Waals surface area contributed by atoms with Crippen molar-refractivity contribution in [3.63, 3.8) is 0 Å². The number of aliphatic hydroxyl groups excluding tert-OH is 1. The first kappa shape index (κ1) is 17.5. The number of anilines is 1. The van der Waals surface area contributed by atoms with Crippen molar-refractivity contribution in [3.8, 4) is 0 Å². The second-order valence-electron chi connectivity index (χ2n) is 6.64. The molecular formula is C19H26N4O2. The second-order valence-corrected chi connectivity index (χ2v) is 6.64. The standard InChI is InChI=1S/C19H26N4O2/c24-10-9-20-19(25)14-23-13-17(12-21-23)22-18(11-15-5-4-6-15)16-7-2-1-3-8-16/h1-3,7-8,12-13,15,18,22,24H,4-6,9-11,14H2,(H,20,25). The number of benzene rings is 1. The first-order valence-electron chi connectivity index (χ1n) is 8.96. The topological polar surface area (TPSA) is 79.2 Å². The molecule has 6 nitrogen and oxygen atoms in total. The molecule has 1 amide bonds. The smallest absolute Gasteiger partial charge is 0.241 e. The summed E-state index contributed by atoms with van der Waals surface area (Å²) in [6.07, 6.45) is 8.70. The highest BCUT2D eigenvalue weighted by molar-refractivity contribution is 5.75. The van der Waals surface area contributed by atoms with Crippen molar-refractivity contribution in [2.75, 3.05) is 18.5 Å². The van der Waals surface area contributed by atoms with Gasteiger partial charge in [0, 0.05) is 12.7 Å². The van der Waals surface area contributed by atoms with Gasteiger partial charge in [-0.2, -0.15) is 5.10 Å². The molecule has 1 aliphatic rings. The average molecular weight is 342 g/mol. The van der Waals surface area contributed by atoms with Crippen LogP contribution in [0.1, 0.15) is 37.3 Å². The van der Waals surface area contributed by atoms with Gasteiger partial charge in [-0.15, -0.1) is 0 Å². The van der Waals surface area contributed by atoms with Crippen LogP contribution in [0.2, 0.25) is 0 Å². The number of aliphatic hydroxyl groups is 1. The molecule has 134 valence electrons. The van der Waals surface area contributed by atoms with E-state index in [1.165, 1.54) is 24.8 Å². The number of carbonyl (C=O) groups is 1. The Kier molecular flexibility index (Phi) is 6.06. The minimum absolute atomic E-state index is 0.0580. The number of rotatable bonds is 9. The highest BCUT2D eigenvalue weighted by Crippen LogP contribution is 2.36. The normalized spacial score (nSPS) is 15.4. The van der Waals surface area contributed by atoms with Gasteiger partial charge in [0.2, 0.25) is 5.91 Å². The van der Waals surface area contributed by atoms with Crippen LogP contribution in [0.4, 0.5) is 5.69 Å². The van der Waals surface area contributed by atoms with E-state index < -0.39 is 0 Å². The van der Waals surface area contributed by atoms with Gasteiger partial charge in [-0.25, -0.2) is 0 Å². The van der Waals surface area contributed by atoms with Crippen molar-refractivity contribution >= 4 is 11.6 Å². The maximum absolute atomic E-state index is 11.7. The second kappa shape index (κ2) is 8.67. The number of hydrogen-bond acceptors (Lipinski definition) is 4. The van der Waals surface area contributed by atoms with Gasteiger partial charge in [0.05, 0.1) is 24.5 Å². The zero-order valence-corrected chi connectivity index (χ0v) is 14.4. The Hall–Kier alpha value is -2.34. The van der Waals surface area contributed by atoms with E-state index in [2.05, 4.69) is 40.0 Å². The van der Waals surface area contributed by atoms with Gasteiger partial charge in [0.1, 0.15) is 6.54 Å². The van der Waals surface area contributed by atoms with Crippen molar-refractivity contribution in [2.24, 2.45) is 5.92 Å².